The van der Waals surface area contributed by atoms with Crippen molar-refractivity contribution in [2.45, 2.75) is 33.3 Å². The van der Waals surface area contributed by atoms with Gasteiger partial charge in [-0.05, 0) is 61.7 Å². The van der Waals surface area contributed by atoms with Gasteiger partial charge in [0, 0.05) is 11.3 Å². The van der Waals surface area contributed by atoms with Crippen LogP contribution in [0, 0.1) is 6.92 Å². The van der Waals surface area contributed by atoms with Crippen molar-refractivity contribution < 1.29 is 9.53 Å². The van der Waals surface area contributed by atoms with Gasteiger partial charge in [-0.25, -0.2) is 4.79 Å². The first-order chi connectivity index (χ1) is 12.3. The summed E-state index contributed by atoms with van der Waals surface area (Å²) in [6.07, 6.45) is -0.478. The van der Waals surface area contributed by atoms with E-state index in [9.17, 15) is 4.79 Å². The highest BCUT2D eigenvalue weighted by molar-refractivity contribution is 5.87. The number of ether oxygens (including phenoxy) is 1. The van der Waals surface area contributed by atoms with Gasteiger partial charge in [0.25, 0.3) is 0 Å². The van der Waals surface area contributed by atoms with E-state index in [1.807, 2.05) is 70.2 Å². The lowest BCUT2D eigenvalue weighted by Crippen LogP contribution is -2.27. The minimum absolute atomic E-state index is 0.478. The summed E-state index contributed by atoms with van der Waals surface area (Å²) in [5, 5.41) is 17.1. The Bertz CT molecular complexity index is 897. The number of aromatic nitrogens is 4. The second kappa shape index (κ2) is 6.95. The lowest BCUT2D eigenvalue weighted by molar-refractivity contribution is 0.0636. The summed E-state index contributed by atoms with van der Waals surface area (Å²) in [5.74, 6) is 0.550. The van der Waals surface area contributed by atoms with Crippen molar-refractivity contribution >= 4 is 11.8 Å². The first kappa shape index (κ1) is 17.6. The van der Waals surface area contributed by atoms with Crippen LogP contribution in [0.3, 0.4) is 0 Å². The normalized spacial score (nSPS) is 11.2. The van der Waals surface area contributed by atoms with Crippen molar-refractivity contribution in [3.8, 4) is 22.5 Å². The van der Waals surface area contributed by atoms with Crippen molar-refractivity contribution in [2.75, 3.05) is 5.32 Å². The number of nitrogens with zero attached hydrogens (tertiary/aromatic N) is 3. The first-order valence-electron chi connectivity index (χ1n) is 8.27. The highest BCUT2D eigenvalue weighted by atomic mass is 16.6. The van der Waals surface area contributed by atoms with Crippen LogP contribution in [0.2, 0.25) is 0 Å². The van der Waals surface area contributed by atoms with E-state index >= 15 is 0 Å². The van der Waals surface area contributed by atoms with E-state index in [0.717, 1.165) is 22.3 Å². The molecule has 7 heteroatoms. The Labute approximate surface area is 151 Å². The molecule has 0 saturated heterocycles. The van der Waals surface area contributed by atoms with Crippen LogP contribution < -0.4 is 5.32 Å². The van der Waals surface area contributed by atoms with Crippen LogP contribution in [-0.2, 0) is 4.74 Å². The van der Waals surface area contributed by atoms with Gasteiger partial charge in [0.2, 0.25) is 5.82 Å². The second-order valence-electron chi connectivity index (χ2n) is 6.94. The van der Waals surface area contributed by atoms with Gasteiger partial charge in [-0.3, -0.25) is 5.32 Å². The van der Waals surface area contributed by atoms with Crippen molar-refractivity contribution in [3.63, 3.8) is 0 Å². The van der Waals surface area contributed by atoms with Crippen molar-refractivity contribution in [1.82, 2.24) is 20.6 Å². The number of tetrazole rings is 1. The van der Waals surface area contributed by atoms with Gasteiger partial charge in [0.1, 0.15) is 5.60 Å². The van der Waals surface area contributed by atoms with Crippen LogP contribution in [0.25, 0.3) is 22.5 Å². The number of carbonyl (C=O) groups is 1. The van der Waals surface area contributed by atoms with E-state index in [-0.39, 0.29) is 0 Å². The Morgan fingerprint density at radius 3 is 2.46 bits per heavy atom. The van der Waals surface area contributed by atoms with Crippen molar-refractivity contribution in [2.24, 2.45) is 0 Å². The Morgan fingerprint density at radius 2 is 1.85 bits per heavy atom. The Balaban J connectivity index is 1.86. The summed E-state index contributed by atoms with van der Waals surface area (Å²) in [6, 6.07) is 13.5. The minimum Gasteiger partial charge on any atom is -0.444 e. The number of aromatic amines is 1. The van der Waals surface area contributed by atoms with E-state index < -0.39 is 11.7 Å². The number of rotatable bonds is 3. The topological polar surface area (TPSA) is 92.8 Å². The highest BCUT2D eigenvalue weighted by Crippen LogP contribution is 2.33. The van der Waals surface area contributed by atoms with Crippen molar-refractivity contribution in [3.05, 3.63) is 48.0 Å². The monoisotopic (exact) mass is 351 g/mol. The summed E-state index contributed by atoms with van der Waals surface area (Å²) in [5.41, 5.74) is 4.09. The summed E-state index contributed by atoms with van der Waals surface area (Å²) >= 11 is 0. The average molecular weight is 351 g/mol. The largest absolute Gasteiger partial charge is 0.444 e. The molecule has 134 valence electrons. The number of anilines is 1. The Kier molecular flexibility index (Phi) is 4.71. The van der Waals surface area contributed by atoms with Crippen LogP contribution >= 0.6 is 0 Å². The second-order valence-corrected chi connectivity index (χ2v) is 6.94. The van der Waals surface area contributed by atoms with E-state index in [2.05, 4.69) is 25.9 Å². The minimum atomic E-state index is -0.537. The molecule has 1 amide bonds. The molecule has 2 aromatic carbocycles. The fourth-order valence-electron chi connectivity index (χ4n) is 2.63. The van der Waals surface area contributed by atoms with Crippen molar-refractivity contribution in [1.29, 1.82) is 0 Å². The molecule has 1 heterocycles. The van der Waals surface area contributed by atoms with Gasteiger partial charge in [-0.2, -0.15) is 5.21 Å². The number of H-pyrrole nitrogens is 1. The lowest BCUT2D eigenvalue weighted by Gasteiger charge is -2.19. The van der Waals surface area contributed by atoms with Gasteiger partial charge in [0.15, 0.2) is 0 Å². The van der Waals surface area contributed by atoms with Gasteiger partial charge < -0.3 is 4.74 Å². The molecule has 0 saturated carbocycles. The molecule has 0 bridgehead atoms. The first-order valence-corrected chi connectivity index (χ1v) is 8.27. The predicted octanol–water partition coefficient (Wildman–Crippen LogP) is 4.19. The summed E-state index contributed by atoms with van der Waals surface area (Å²) in [4.78, 5) is 11.9. The molecule has 0 aliphatic heterocycles. The highest BCUT2D eigenvalue weighted by Gasteiger charge is 2.17. The van der Waals surface area contributed by atoms with E-state index in [1.54, 1.807) is 0 Å². The molecule has 0 unspecified atom stereocenters. The molecule has 0 aliphatic carbocycles. The van der Waals surface area contributed by atoms with Crippen LogP contribution in [0.4, 0.5) is 10.5 Å². The fraction of sp³-hybridized carbons (Fsp3) is 0.263. The maximum absolute atomic E-state index is 11.9. The number of hydrogen-bond acceptors (Lipinski definition) is 5. The zero-order chi connectivity index (χ0) is 18.7. The number of benzene rings is 2. The smallest absolute Gasteiger partial charge is 0.412 e. The molecule has 2 N–H and O–H groups in total. The average Bonchev–Trinajstić information content (AvgIpc) is 3.07. The predicted molar refractivity (Wildman–Crippen MR) is 99.6 cm³/mol. The molecule has 0 atom stereocenters. The Morgan fingerprint density at radius 1 is 1.12 bits per heavy atom. The number of hydrogen-bond donors (Lipinski definition) is 2. The maximum Gasteiger partial charge on any atom is 0.412 e. The molecule has 0 aliphatic rings. The number of nitrogens with one attached hydrogen (secondary N) is 2. The molecular formula is C19H21N5O2. The number of aryl methyl sites for hydroxylation is 1. The van der Waals surface area contributed by atoms with Gasteiger partial charge in [0.05, 0.1) is 0 Å². The molecule has 26 heavy (non-hydrogen) atoms. The third kappa shape index (κ3) is 4.05. The quantitative estimate of drug-likeness (QED) is 0.738. The third-order valence-corrected chi connectivity index (χ3v) is 3.68. The van der Waals surface area contributed by atoms with E-state index in [1.165, 1.54) is 0 Å². The summed E-state index contributed by atoms with van der Waals surface area (Å²) < 4.78 is 5.26. The third-order valence-electron chi connectivity index (χ3n) is 3.68. The lowest BCUT2D eigenvalue weighted by atomic mass is 9.95. The van der Waals surface area contributed by atoms with E-state index in [4.69, 9.17) is 4.74 Å². The fourth-order valence-corrected chi connectivity index (χ4v) is 2.63. The maximum atomic E-state index is 11.9. The van der Waals surface area contributed by atoms with Crippen LogP contribution in [-0.4, -0.2) is 32.3 Å². The molecule has 0 radical (unpaired) electrons. The SMILES string of the molecule is Cc1cccc(-c2ccc(NC(=O)OC(C)(C)C)cc2)c1-c1nn[nH]n1. The zero-order valence-electron chi connectivity index (χ0n) is 15.2. The van der Waals surface area contributed by atoms with Gasteiger partial charge in [-0.15, -0.1) is 10.2 Å². The number of carbonyl (C=O) groups excluding carboxylic acids is 1. The summed E-state index contributed by atoms with van der Waals surface area (Å²) in [6.45, 7) is 7.49. The molecule has 3 aromatic rings. The molecule has 0 spiro atoms. The van der Waals surface area contributed by atoms with Gasteiger partial charge in [-0.1, -0.05) is 30.3 Å². The molecule has 3 rings (SSSR count). The zero-order valence-corrected chi connectivity index (χ0v) is 15.2. The standard InChI is InChI=1S/C19H21N5O2/c1-12-6-5-7-15(16(12)17-21-23-24-22-17)13-8-10-14(11-9-13)20-18(25)26-19(2,3)4/h5-11H,1-4H3,(H,20,25)(H,21,22,23,24). The Hall–Kier alpha value is -3.22. The summed E-state index contributed by atoms with van der Waals surface area (Å²) in [7, 11) is 0. The molecule has 1 aromatic heterocycles. The number of amides is 1. The van der Waals surface area contributed by atoms with Crippen LogP contribution in [0.5, 0.6) is 0 Å². The van der Waals surface area contributed by atoms with Crippen LogP contribution in [0.15, 0.2) is 42.5 Å². The van der Waals surface area contributed by atoms with E-state index in [0.29, 0.717) is 11.5 Å². The molecular weight excluding hydrogens is 330 g/mol. The molecule has 7 nitrogen and oxygen atoms in total. The molecule has 0 fully saturated rings. The van der Waals surface area contributed by atoms with Gasteiger partial charge >= 0.3 is 6.09 Å². The van der Waals surface area contributed by atoms with Crippen LogP contribution in [0.1, 0.15) is 26.3 Å².